The first-order valence-electron chi connectivity index (χ1n) is 8.39. The second-order valence-electron chi connectivity index (χ2n) is 6.08. The maximum absolute atomic E-state index is 14.2. The zero-order valence-electron chi connectivity index (χ0n) is 14.3. The summed E-state index contributed by atoms with van der Waals surface area (Å²) in [5.74, 6) is -3.59. The first-order chi connectivity index (χ1) is 12.9. The Morgan fingerprint density at radius 3 is 2.43 bits per heavy atom. The molecule has 3 N–H and O–H groups in total. The van der Waals surface area contributed by atoms with Crippen molar-refractivity contribution in [1.82, 2.24) is 9.88 Å². The molecule has 28 heavy (non-hydrogen) atoms. The molecule has 1 aromatic heterocycles. The van der Waals surface area contributed by atoms with Crippen molar-refractivity contribution in [2.45, 2.75) is 26.8 Å². The van der Waals surface area contributed by atoms with Crippen LogP contribution >= 0.6 is 0 Å². The van der Waals surface area contributed by atoms with Crippen molar-refractivity contribution in [3.05, 3.63) is 41.1 Å². The van der Waals surface area contributed by atoms with Crippen LogP contribution in [0.15, 0.2) is 18.2 Å². The average Bonchev–Trinajstić information content (AvgIpc) is 2.78. The number of fused-ring (bicyclic) bond motifs is 3. The highest BCUT2D eigenvalue weighted by molar-refractivity contribution is 5.92. The lowest BCUT2D eigenvalue weighted by molar-refractivity contribution is -0.134. The number of ether oxygens (including phenoxy) is 1. The molecule has 0 unspecified atom stereocenters. The van der Waals surface area contributed by atoms with Gasteiger partial charge in [-0.15, -0.1) is 0 Å². The number of rotatable bonds is 2. The molecule has 152 valence electrons. The standard InChI is InChI=1S/C14H14F2N2O.C4H4O4.CH4/c15-9-7-11-14-12(13(9)16)8-1-3-17-4-2-10(8)18(14)5-6-19-11;5-3(6)1-2-4(7)8;/h7,17H,1-6H2;1-2H,(H,5,6)(H,7,8);1H4/b;2-1-;. The summed E-state index contributed by atoms with van der Waals surface area (Å²) in [5, 5.41) is 19.4. The third-order valence-corrected chi connectivity index (χ3v) is 4.43. The van der Waals surface area contributed by atoms with E-state index in [1.54, 1.807) is 0 Å². The fourth-order valence-corrected chi connectivity index (χ4v) is 3.43. The molecule has 0 saturated heterocycles. The van der Waals surface area contributed by atoms with Gasteiger partial charge in [0, 0.05) is 42.3 Å². The van der Waals surface area contributed by atoms with Gasteiger partial charge in [0.2, 0.25) is 0 Å². The van der Waals surface area contributed by atoms with Crippen molar-refractivity contribution >= 4 is 22.8 Å². The van der Waals surface area contributed by atoms with Crippen molar-refractivity contribution < 1.29 is 33.3 Å². The van der Waals surface area contributed by atoms with Crippen LogP contribution in [-0.4, -0.2) is 46.4 Å². The Bertz CT molecular complexity index is 921. The van der Waals surface area contributed by atoms with Crippen LogP contribution in [0.4, 0.5) is 8.78 Å². The van der Waals surface area contributed by atoms with E-state index < -0.39 is 23.6 Å². The summed E-state index contributed by atoms with van der Waals surface area (Å²) in [6.07, 6.45) is 2.70. The normalized spacial score (nSPS) is 14.9. The minimum Gasteiger partial charge on any atom is -0.489 e. The molecular formula is C19H22F2N2O5. The van der Waals surface area contributed by atoms with Crippen molar-refractivity contribution in [2.24, 2.45) is 0 Å². The molecule has 1 aromatic carbocycles. The molecule has 2 aliphatic heterocycles. The van der Waals surface area contributed by atoms with Crippen LogP contribution < -0.4 is 10.1 Å². The Labute approximate surface area is 160 Å². The van der Waals surface area contributed by atoms with E-state index in [4.69, 9.17) is 14.9 Å². The first-order valence-corrected chi connectivity index (χ1v) is 8.39. The first kappa shape index (κ1) is 21.4. The van der Waals surface area contributed by atoms with Crippen molar-refractivity contribution in [1.29, 1.82) is 0 Å². The number of nitrogens with one attached hydrogen (secondary N) is 1. The van der Waals surface area contributed by atoms with E-state index in [2.05, 4.69) is 9.88 Å². The number of nitrogens with zero attached hydrogens (tertiary/aromatic N) is 1. The Morgan fingerprint density at radius 1 is 1.14 bits per heavy atom. The van der Waals surface area contributed by atoms with Gasteiger partial charge in [-0.05, 0) is 18.5 Å². The molecule has 4 rings (SSSR count). The van der Waals surface area contributed by atoms with Gasteiger partial charge in [-0.25, -0.2) is 18.4 Å². The summed E-state index contributed by atoms with van der Waals surface area (Å²) in [6, 6.07) is 1.17. The number of carboxylic acids is 2. The van der Waals surface area contributed by atoms with E-state index in [1.165, 1.54) is 6.07 Å². The van der Waals surface area contributed by atoms with E-state index in [1.807, 2.05) is 0 Å². The van der Waals surface area contributed by atoms with E-state index >= 15 is 0 Å². The highest BCUT2D eigenvalue weighted by Gasteiger charge is 2.28. The van der Waals surface area contributed by atoms with Crippen LogP contribution in [0.5, 0.6) is 5.75 Å². The summed E-state index contributed by atoms with van der Waals surface area (Å²) in [4.78, 5) is 19.1. The van der Waals surface area contributed by atoms with E-state index in [-0.39, 0.29) is 7.43 Å². The molecule has 0 aliphatic carbocycles. The number of halogens is 2. The smallest absolute Gasteiger partial charge is 0.328 e. The summed E-state index contributed by atoms with van der Waals surface area (Å²) in [7, 11) is 0. The number of benzene rings is 1. The van der Waals surface area contributed by atoms with Gasteiger partial charge < -0.3 is 24.8 Å². The van der Waals surface area contributed by atoms with E-state index in [0.717, 1.165) is 42.7 Å². The predicted molar refractivity (Wildman–Crippen MR) is 98.8 cm³/mol. The quantitative estimate of drug-likeness (QED) is 0.674. The lowest BCUT2D eigenvalue weighted by Gasteiger charge is -2.19. The predicted octanol–water partition coefficient (Wildman–Crippen LogP) is 2.35. The molecule has 3 heterocycles. The van der Waals surface area contributed by atoms with Gasteiger partial charge in [0.1, 0.15) is 12.4 Å². The fraction of sp³-hybridized carbons (Fsp3) is 0.368. The van der Waals surface area contributed by atoms with Gasteiger partial charge in [-0.1, -0.05) is 7.43 Å². The van der Waals surface area contributed by atoms with Gasteiger partial charge in [0.05, 0.1) is 12.1 Å². The van der Waals surface area contributed by atoms with Gasteiger partial charge in [0.25, 0.3) is 0 Å². The maximum atomic E-state index is 14.2. The molecule has 2 aromatic rings. The van der Waals surface area contributed by atoms with Gasteiger partial charge in [-0.2, -0.15) is 0 Å². The summed E-state index contributed by atoms with van der Waals surface area (Å²) in [6.45, 7) is 2.91. The summed E-state index contributed by atoms with van der Waals surface area (Å²) >= 11 is 0. The lowest BCUT2D eigenvalue weighted by Crippen LogP contribution is -2.19. The largest absolute Gasteiger partial charge is 0.489 e. The second-order valence-corrected chi connectivity index (χ2v) is 6.08. The topological polar surface area (TPSA) is 101 Å². The fourth-order valence-electron chi connectivity index (χ4n) is 3.43. The van der Waals surface area contributed by atoms with E-state index in [0.29, 0.717) is 36.4 Å². The Hall–Kier alpha value is -2.94. The van der Waals surface area contributed by atoms with E-state index in [9.17, 15) is 18.4 Å². The summed E-state index contributed by atoms with van der Waals surface area (Å²) < 4.78 is 35.5. The average molecular weight is 396 g/mol. The molecule has 0 fully saturated rings. The Kier molecular flexibility index (Phi) is 6.74. The van der Waals surface area contributed by atoms with Crippen molar-refractivity contribution in [3.8, 4) is 5.75 Å². The SMILES string of the molecule is C.Fc1cc2c3c(c1F)c1c(n3CCO2)CCNCC1.O=C(O)/C=C\C(=O)O. The molecule has 9 heteroatoms. The van der Waals surface area contributed by atoms with Crippen LogP contribution in [0.2, 0.25) is 0 Å². The third kappa shape index (κ3) is 4.14. The number of carboxylic acid groups (broad SMARTS) is 2. The summed E-state index contributed by atoms with van der Waals surface area (Å²) in [5.41, 5.74) is 2.81. The zero-order chi connectivity index (χ0) is 19.6. The van der Waals surface area contributed by atoms with Crippen LogP contribution in [0.3, 0.4) is 0 Å². The highest BCUT2D eigenvalue weighted by atomic mass is 19.2. The second kappa shape index (κ2) is 8.83. The number of hydrogen-bond acceptors (Lipinski definition) is 4. The number of aromatic nitrogens is 1. The van der Waals surface area contributed by atoms with Gasteiger partial charge >= 0.3 is 11.9 Å². The number of hydrogen-bond donors (Lipinski definition) is 3. The molecule has 0 spiro atoms. The van der Waals surface area contributed by atoms with Crippen LogP contribution in [-0.2, 0) is 29.0 Å². The number of carbonyl (C=O) groups is 2. The maximum Gasteiger partial charge on any atom is 0.328 e. The molecule has 2 aliphatic rings. The lowest BCUT2D eigenvalue weighted by atomic mass is 10.1. The molecule has 0 amide bonds. The van der Waals surface area contributed by atoms with Gasteiger partial charge in [-0.3, -0.25) is 0 Å². The molecule has 0 saturated carbocycles. The minimum absolute atomic E-state index is 0. The van der Waals surface area contributed by atoms with Crippen LogP contribution in [0.25, 0.3) is 10.9 Å². The molecule has 0 bridgehead atoms. The number of aliphatic carboxylic acids is 2. The highest BCUT2D eigenvalue weighted by Crippen LogP contribution is 2.39. The molecule has 0 atom stereocenters. The van der Waals surface area contributed by atoms with Crippen LogP contribution in [0.1, 0.15) is 18.7 Å². The van der Waals surface area contributed by atoms with Crippen molar-refractivity contribution in [2.75, 3.05) is 19.7 Å². The van der Waals surface area contributed by atoms with Crippen molar-refractivity contribution in [3.63, 3.8) is 0 Å². The van der Waals surface area contributed by atoms with Crippen LogP contribution in [0, 0.1) is 11.6 Å². The minimum atomic E-state index is -1.26. The molecular weight excluding hydrogens is 374 g/mol. The monoisotopic (exact) mass is 396 g/mol. The molecule has 7 nitrogen and oxygen atoms in total. The van der Waals surface area contributed by atoms with Gasteiger partial charge in [0.15, 0.2) is 11.6 Å². The zero-order valence-corrected chi connectivity index (χ0v) is 14.3. The molecule has 0 radical (unpaired) electrons. The Balaban J connectivity index is 0.000000270. The third-order valence-electron chi connectivity index (χ3n) is 4.43. The Morgan fingerprint density at radius 2 is 1.79 bits per heavy atom.